The monoisotopic (exact) mass is 1030 g/mol. The molecule has 3 aliphatic rings. The lowest BCUT2D eigenvalue weighted by molar-refractivity contribution is 0.661. The van der Waals surface area contributed by atoms with Crippen LogP contribution in [0.1, 0.15) is 47.2 Å². The van der Waals surface area contributed by atoms with Crippen LogP contribution in [0.15, 0.2) is 267 Å². The van der Waals surface area contributed by atoms with E-state index in [1.54, 1.807) is 0 Å². The van der Waals surface area contributed by atoms with E-state index in [4.69, 9.17) is 15.0 Å². The summed E-state index contributed by atoms with van der Waals surface area (Å²) >= 11 is 0. The van der Waals surface area contributed by atoms with Crippen LogP contribution in [0.2, 0.25) is 0 Å². The smallest absolute Gasteiger partial charge is 0.164 e. The maximum atomic E-state index is 5.47. The molecule has 0 unspecified atom stereocenters. The average molecular weight is 1030 g/mol. The van der Waals surface area contributed by atoms with Crippen molar-refractivity contribution in [3.05, 3.63) is 300 Å². The fourth-order valence-corrected chi connectivity index (χ4v) is 14.5. The van der Waals surface area contributed by atoms with E-state index in [-0.39, 0.29) is 5.41 Å². The van der Waals surface area contributed by atoms with Gasteiger partial charge in [-0.2, -0.15) is 0 Å². The normalized spacial score (nSPS) is 13.8. The van der Waals surface area contributed by atoms with Gasteiger partial charge in [-0.3, -0.25) is 0 Å². The molecule has 4 heteroatoms. The van der Waals surface area contributed by atoms with Crippen LogP contribution in [-0.4, -0.2) is 19.5 Å². The molecule has 378 valence electrons. The lowest BCUT2D eigenvalue weighted by Gasteiger charge is -2.33. The molecular weight excluding hydrogens is 981 g/mol. The summed E-state index contributed by atoms with van der Waals surface area (Å²) in [7, 11) is 0. The Bertz CT molecular complexity index is 4910. The Labute approximate surface area is 470 Å². The second-order valence-corrected chi connectivity index (χ2v) is 22.6. The Morgan fingerprint density at radius 3 is 1.62 bits per heavy atom. The highest BCUT2D eigenvalue weighted by molar-refractivity contribution is 6.19. The van der Waals surface area contributed by atoms with Gasteiger partial charge in [0.25, 0.3) is 0 Å². The van der Waals surface area contributed by atoms with Gasteiger partial charge < -0.3 is 4.57 Å². The number of hydrogen-bond donors (Lipinski definition) is 0. The van der Waals surface area contributed by atoms with Crippen molar-refractivity contribution in [2.45, 2.75) is 24.7 Å². The molecule has 0 bridgehead atoms. The quantitative estimate of drug-likeness (QED) is 0.160. The summed E-state index contributed by atoms with van der Waals surface area (Å²) in [5.41, 5.74) is 25.7. The molecule has 2 aliphatic carbocycles. The molecule has 2 aromatic heterocycles. The summed E-state index contributed by atoms with van der Waals surface area (Å²) in [6.45, 7) is 4.78. The highest BCUT2D eigenvalue weighted by atomic mass is 15.0. The van der Waals surface area contributed by atoms with Gasteiger partial charge in [0.2, 0.25) is 0 Å². The van der Waals surface area contributed by atoms with Crippen molar-refractivity contribution in [1.29, 1.82) is 0 Å². The first-order valence-electron chi connectivity index (χ1n) is 28.1. The number of rotatable bonds is 7. The third kappa shape index (κ3) is 6.44. The van der Waals surface area contributed by atoms with Crippen molar-refractivity contribution in [2.24, 2.45) is 0 Å². The average Bonchev–Trinajstić information content (AvgIpc) is 2.92. The van der Waals surface area contributed by atoms with Gasteiger partial charge in [-0.05, 0) is 113 Å². The topological polar surface area (TPSA) is 43.6 Å². The number of aromatic nitrogens is 4. The first-order valence-corrected chi connectivity index (χ1v) is 28.1. The SMILES string of the molecule is CC1(C)c2cccc3c2-c2c1ccc1c4ccccc4n(c21)-c1cccc(-c2ccc(-c4ccccc4-c4nc(-c5ccc6c(c5)-c5ccccc5C6(c5ccccc5)c5ccccc5)nc(-c5ccc6ccccc6c5)n4)cc2)c1-3. The predicted molar refractivity (Wildman–Crippen MR) is 333 cm³/mol. The van der Waals surface area contributed by atoms with E-state index < -0.39 is 5.41 Å². The van der Waals surface area contributed by atoms with Crippen molar-refractivity contribution in [3.63, 3.8) is 0 Å². The molecule has 0 N–H and O–H groups in total. The Kier molecular flexibility index (Phi) is 9.65. The van der Waals surface area contributed by atoms with Crippen molar-refractivity contribution >= 4 is 32.6 Å². The highest BCUT2D eigenvalue weighted by Crippen LogP contribution is 2.60. The lowest BCUT2D eigenvalue weighted by Crippen LogP contribution is -2.28. The second-order valence-electron chi connectivity index (χ2n) is 22.6. The number of fused-ring (bicyclic) bond motifs is 10. The van der Waals surface area contributed by atoms with Crippen LogP contribution in [0.5, 0.6) is 0 Å². The van der Waals surface area contributed by atoms with Gasteiger partial charge in [-0.25, -0.2) is 15.0 Å². The second kappa shape index (κ2) is 17.1. The molecule has 0 amide bonds. The first-order chi connectivity index (χ1) is 39.9. The Morgan fingerprint density at radius 2 is 0.840 bits per heavy atom. The molecule has 1 aliphatic heterocycles. The summed E-state index contributed by atoms with van der Waals surface area (Å²) in [4.78, 5) is 16.2. The minimum Gasteiger partial charge on any atom is -0.308 e. The van der Waals surface area contributed by atoms with Crippen LogP contribution >= 0.6 is 0 Å². The van der Waals surface area contributed by atoms with Crippen molar-refractivity contribution in [1.82, 2.24) is 19.5 Å². The van der Waals surface area contributed by atoms with Crippen LogP contribution in [0, 0.1) is 0 Å². The third-order valence-corrected chi connectivity index (χ3v) is 18.1. The van der Waals surface area contributed by atoms with Crippen LogP contribution in [-0.2, 0) is 10.8 Å². The number of benzene rings is 12. The molecule has 12 aromatic carbocycles. The van der Waals surface area contributed by atoms with Crippen molar-refractivity contribution in [3.8, 4) is 95.5 Å². The Morgan fingerprint density at radius 1 is 0.309 bits per heavy atom. The molecular formula is C77H50N4. The minimum absolute atomic E-state index is 0.140. The van der Waals surface area contributed by atoms with E-state index in [1.165, 1.54) is 105 Å². The number of hydrogen-bond acceptors (Lipinski definition) is 3. The molecule has 3 heterocycles. The largest absolute Gasteiger partial charge is 0.308 e. The summed E-state index contributed by atoms with van der Waals surface area (Å²) in [6, 6.07) is 97.8. The summed E-state index contributed by atoms with van der Waals surface area (Å²) in [5, 5.41) is 4.87. The summed E-state index contributed by atoms with van der Waals surface area (Å²) < 4.78 is 2.55. The molecule has 81 heavy (non-hydrogen) atoms. The Hall–Kier alpha value is -10.3. The molecule has 0 saturated heterocycles. The van der Waals surface area contributed by atoms with Crippen molar-refractivity contribution in [2.75, 3.05) is 0 Å². The highest BCUT2D eigenvalue weighted by Gasteiger charge is 2.46. The Balaban J connectivity index is 0.822. The van der Waals surface area contributed by atoms with Gasteiger partial charge in [0.15, 0.2) is 17.5 Å². The van der Waals surface area contributed by atoms with E-state index >= 15 is 0 Å². The molecule has 0 atom stereocenters. The molecule has 0 radical (unpaired) electrons. The maximum absolute atomic E-state index is 5.47. The van der Waals surface area contributed by atoms with E-state index in [2.05, 4.69) is 285 Å². The molecule has 0 saturated carbocycles. The first kappa shape index (κ1) is 45.7. The predicted octanol–water partition coefficient (Wildman–Crippen LogP) is 19.1. The number of nitrogens with zero attached hydrogens (tertiary/aromatic N) is 4. The van der Waals surface area contributed by atoms with Gasteiger partial charge in [-0.1, -0.05) is 257 Å². The van der Waals surface area contributed by atoms with E-state index in [1.807, 2.05) is 0 Å². The van der Waals surface area contributed by atoms with Crippen LogP contribution < -0.4 is 0 Å². The molecule has 4 nitrogen and oxygen atoms in total. The van der Waals surface area contributed by atoms with E-state index in [0.717, 1.165) is 38.8 Å². The maximum Gasteiger partial charge on any atom is 0.164 e. The standard InChI is InChI=1S/C77H50N4/c1-76(2)65-32-17-30-61-69-56(29-18-34-68(69)81-67-33-16-14-27-58(67)59-42-44-66(76)71(70(61)65)72(59)81)49-38-36-48(37-39-49)55-25-11-12-28-60(55)75-79-73(51-40-35-47-19-9-10-20-50(47)45-51)78-74(80-75)52-41-43-64-62(46-52)57-26-13-15-31-63(57)77(64,53-21-5-3-6-22-53)54-23-7-4-8-24-54/h3-46H,1-2H3. The molecule has 14 aromatic rings. The summed E-state index contributed by atoms with van der Waals surface area (Å²) in [5.74, 6) is 1.86. The molecule has 0 fully saturated rings. The van der Waals surface area contributed by atoms with Gasteiger partial charge in [-0.15, -0.1) is 0 Å². The zero-order valence-electron chi connectivity index (χ0n) is 44.7. The fraction of sp³-hybridized carbons (Fsp3) is 0.0519. The molecule has 0 spiro atoms. The summed E-state index contributed by atoms with van der Waals surface area (Å²) in [6.07, 6.45) is 0. The number of para-hydroxylation sites is 1. The fourth-order valence-electron chi connectivity index (χ4n) is 14.5. The van der Waals surface area contributed by atoms with Gasteiger partial charge in [0.1, 0.15) is 0 Å². The van der Waals surface area contributed by atoms with E-state index in [9.17, 15) is 0 Å². The zero-order chi connectivity index (χ0) is 53.6. The third-order valence-electron chi connectivity index (χ3n) is 18.1. The van der Waals surface area contributed by atoms with Crippen LogP contribution in [0.3, 0.4) is 0 Å². The van der Waals surface area contributed by atoms with Crippen LogP contribution in [0.25, 0.3) is 128 Å². The molecule has 17 rings (SSSR count). The lowest BCUT2D eigenvalue weighted by atomic mass is 9.67. The van der Waals surface area contributed by atoms with Gasteiger partial charge >= 0.3 is 0 Å². The van der Waals surface area contributed by atoms with Crippen molar-refractivity contribution < 1.29 is 0 Å². The zero-order valence-corrected chi connectivity index (χ0v) is 44.7. The van der Waals surface area contributed by atoms with E-state index in [0.29, 0.717) is 17.5 Å². The van der Waals surface area contributed by atoms with Gasteiger partial charge in [0.05, 0.1) is 22.1 Å². The van der Waals surface area contributed by atoms with Crippen LogP contribution in [0.4, 0.5) is 0 Å². The van der Waals surface area contributed by atoms with Gasteiger partial charge in [0, 0.05) is 44.0 Å². The minimum atomic E-state index is -0.514.